The first-order valence-electron chi connectivity index (χ1n) is 6.41. The molecule has 2 atom stereocenters. The standard InChI is InChI=1S/C14H16N2O3S/c1-2-10(14(18)19)15-12(17)11-8-20-13(16-11)9-6-4-3-5-7-9/h3-7,10-11H,2,8H2,1H3,(H,15,17)(H,18,19)/t10-,11?/m1/s1. The minimum absolute atomic E-state index is 0.322. The van der Waals surface area contributed by atoms with Crippen LogP contribution in [0, 0.1) is 0 Å². The van der Waals surface area contributed by atoms with Gasteiger partial charge in [0.1, 0.15) is 12.1 Å². The van der Waals surface area contributed by atoms with Crippen LogP contribution < -0.4 is 5.32 Å². The van der Waals surface area contributed by atoms with Crippen molar-refractivity contribution in [1.29, 1.82) is 0 Å². The second-order valence-corrected chi connectivity index (χ2v) is 5.44. The number of nitrogens with zero attached hydrogens (tertiary/aromatic N) is 1. The van der Waals surface area contributed by atoms with Gasteiger partial charge in [0, 0.05) is 11.3 Å². The third-order valence-electron chi connectivity index (χ3n) is 3.00. The van der Waals surface area contributed by atoms with Crippen LogP contribution in [-0.4, -0.2) is 39.9 Å². The highest BCUT2D eigenvalue weighted by atomic mass is 32.2. The van der Waals surface area contributed by atoms with Gasteiger partial charge in [-0.05, 0) is 6.42 Å². The van der Waals surface area contributed by atoms with Gasteiger partial charge in [-0.25, -0.2) is 4.79 Å². The molecule has 1 heterocycles. The molecule has 6 heteroatoms. The van der Waals surface area contributed by atoms with E-state index in [4.69, 9.17) is 5.11 Å². The van der Waals surface area contributed by atoms with E-state index in [9.17, 15) is 9.59 Å². The summed E-state index contributed by atoms with van der Waals surface area (Å²) in [5.74, 6) is -0.789. The van der Waals surface area contributed by atoms with Crippen LogP contribution in [0.5, 0.6) is 0 Å². The first-order chi connectivity index (χ1) is 9.61. The molecule has 0 radical (unpaired) electrons. The van der Waals surface area contributed by atoms with Crippen LogP contribution in [-0.2, 0) is 9.59 Å². The summed E-state index contributed by atoms with van der Waals surface area (Å²) in [6.45, 7) is 1.72. The van der Waals surface area contributed by atoms with Gasteiger partial charge >= 0.3 is 5.97 Å². The average molecular weight is 292 g/mol. The molecule has 0 aliphatic carbocycles. The van der Waals surface area contributed by atoms with Gasteiger partial charge in [-0.15, -0.1) is 11.8 Å². The van der Waals surface area contributed by atoms with Gasteiger partial charge in [0.2, 0.25) is 5.91 Å². The number of hydrogen-bond donors (Lipinski definition) is 2. The maximum absolute atomic E-state index is 12.0. The number of aliphatic imine (C=N–C) groups is 1. The van der Waals surface area contributed by atoms with Crippen molar-refractivity contribution >= 4 is 28.7 Å². The molecule has 2 rings (SSSR count). The molecule has 20 heavy (non-hydrogen) atoms. The SMILES string of the molecule is CC[C@@H](NC(=O)C1CSC(c2ccccc2)=N1)C(=O)O. The molecule has 1 aromatic carbocycles. The van der Waals surface area contributed by atoms with Gasteiger partial charge in [0.05, 0.1) is 5.04 Å². The van der Waals surface area contributed by atoms with Crippen molar-refractivity contribution in [2.45, 2.75) is 25.4 Å². The number of aliphatic carboxylic acids is 1. The summed E-state index contributed by atoms with van der Waals surface area (Å²) in [7, 11) is 0. The number of rotatable bonds is 5. The number of thioether (sulfide) groups is 1. The summed E-state index contributed by atoms with van der Waals surface area (Å²) < 4.78 is 0. The molecule has 1 amide bonds. The fraction of sp³-hybridized carbons (Fsp3) is 0.357. The topological polar surface area (TPSA) is 78.8 Å². The Morgan fingerprint density at radius 3 is 2.75 bits per heavy atom. The highest BCUT2D eigenvalue weighted by Crippen LogP contribution is 2.23. The number of hydrogen-bond acceptors (Lipinski definition) is 4. The van der Waals surface area contributed by atoms with E-state index in [2.05, 4.69) is 10.3 Å². The lowest BCUT2D eigenvalue weighted by atomic mass is 10.2. The Kier molecular flexibility index (Phi) is 4.79. The van der Waals surface area contributed by atoms with Gasteiger partial charge in [-0.3, -0.25) is 9.79 Å². The number of carboxylic acids is 1. The van der Waals surface area contributed by atoms with E-state index in [-0.39, 0.29) is 5.91 Å². The predicted octanol–water partition coefficient (Wildman–Crippen LogP) is 1.53. The first kappa shape index (κ1) is 14.6. The number of carboxylic acid groups (broad SMARTS) is 1. The number of nitrogens with one attached hydrogen (secondary N) is 1. The van der Waals surface area contributed by atoms with E-state index in [1.165, 1.54) is 11.8 Å². The second kappa shape index (κ2) is 6.56. The van der Waals surface area contributed by atoms with Crippen LogP contribution in [0.4, 0.5) is 0 Å². The largest absolute Gasteiger partial charge is 0.480 e. The molecule has 1 unspecified atom stereocenters. The third kappa shape index (κ3) is 3.39. The molecule has 0 aromatic heterocycles. The Morgan fingerprint density at radius 2 is 2.15 bits per heavy atom. The van der Waals surface area contributed by atoms with Gasteiger partial charge < -0.3 is 10.4 Å². The molecule has 0 spiro atoms. The molecule has 0 saturated heterocycles. The van der Waals surface area contributed by atoms with Gasteiger partial charge in [-0.2, -0.15) is 0 Å². The van der Waals surface area contributed by atoms with E-state index in [0.29, 0.717) is 12.2 Å². The van der Waals surface area contributed by atoms with Crippen molar-refractivity contribution in [1.82, 2.24) is 5.32 Å². The monoisotopic (exact) mass is 292 g/mol. The first-order valence-corrected chi connectivity index (χ1v) is 7.39. The molecule has 2 N–H and O–H groups in total. The zero-order valence-corrected chi connectivity index (χ0v) is 11.9. The van der Waals surface area contributed by atoms with E-state index in [0.717, 1.165) is 10.6 Å². The summed E-state index contributed by atoms with van der Waals surface area (Å²) >= 11 is 1.52. The summed E-state index contributed by atoms with van der Waals surface area (Å²) in [6, 6.07) is 8.29. The fourth-order valence-corrected chi connectivity index (χ4v) is 2.90. The zero-order chi connectivity index (χ0) is 14.5. The lowest BCUT2D eigenvalue weighted by Gasteiger charge is -2.13. The summed E-state index contributed by atoms with van der Waals surface area (Å²) in [5, 5.41) is 12.3. The van der Waals surface area contributed by atoms with E-state index in [1.807, 2.05) is 30.3 Å². The van der Waals surface area contributed by atoms with Crippen molar-refractivity contribution < 1.29 is 14.7 Å². The molecule has 1 aromatic rings. The summed E-state index contributed by atoms with van der Waals surface area (Å²) in [5.41, 5.74) is 0.984. The van der Waals surface area contributed by atoms with Crippen LogP contribution in [0.3, 0.4) is 0 Å². The highest BCUT2D eigenvalue weighted by molar-refractivity contribution is 8.14. The molecular formula is C14H16N2O3S. The third-order valence-corrected chi connectivity index (χ3v) is 4.09. The Labute approximate surface area is 121 Å². The van der Waals surface area contributed by atoms with Crippen LogP contribution >= 0.6 is 11.8 Å². The van der Waals surface area contributed by atoms with E-state index in [1.54, 1.807) is 6.92 Å². The molecule has 1 aliphatic heterocycles. The smallest absolute Gasteiger partial charge is 0.326 e. The van der Waals surface area contributed by atoms with Gasteiger partial charge in [0.15, 0.2) is 0 Å². The zero-order valence-electron chi connectivity index (χ0n) is 11.1. The number of amides is 1. The predicted molar refractivity (Wildman–Crippen MR) is 79.1 cm³/mol. The lowest BCUT2D eigenvalue weighted by Crippen LogP contribution is -2.44. The maximum atomic E-state index is 12.0. The Morgan fingerprint density at radius 1 is 1.45 bits per heavy atom. The highest BCUT2D eigenvalue weighted by Gasteiger charge is 2.28. The molecule has 106 valence electrons. The van der Waals surface area contributed by atoms with Crippen LogP contribution in [0.2, 0.25) is 0 Å². The van der Waals surface area contributed by atoms with Crippen molar-refractivity contribution in [3.8, 4) is 0 Å². The van der Waals surface area contributed by atoms with Crippen LogP contribution in [0.15, 0.2) is 35.3 Å². The van der Waals surface area contributed by atoms with Crippen LogP contribution in [0.25, 0.3) is 0 Å². The van der Waals surface area contributed by atoms with Crippen molar-refractivity contribution in [3.63, 3.8) is 0 Å². The molecule has 0 bridgehead atoms. The van der Waals surface area contributed by atoms with Crippen LogP contribution in [0.1, 0.15) is 18.9 Å². The summed E-state index contributed by atoms with van der Waals surface area (Å²) in [6.07, 6.45) is 0.357. The minimum Gasteiger partial charge on any atom is -0.480 e. The Balaban J connectivity index is 2.03. The lowest BCUT2D eigenvalue weighted by molar-refractivity contribution is -0.142. The number of carbonyl (C=O) groups excluding carboxylic acids is 1. The fourth-order valence-electron chi connectivity index (χ4n) is 1.85. The van der Waals surface area contributed by atoms with Crippen molar-refractivity contribution in [2.24, 2.45) is 4.99 Å². The molecule has 0 saturated carbocycles. The molecular weight excluding hydrogens is 276 g/mol. The average Bonchev–Trinajstić information content (AvgIpc) is 2.95. The van der Waals surface area contributed by atoms with E-state index >= 15 is 0 Å². The minimum atomic E-state index is -1.02. The quantitative estimate of drug-likeness (QED) is 0.862. The molecule has 1 aliphatic rings. The number of carbonyl (C=O) groups is 2. The summed E-state index contributed by atoms with van der Waals surface area (Å²) in [4.78, 5) is 27.3. The Bertz CT molecular complexity index is 530. The van der Waals surface area contributed by atoms with Gasteiger partial charge in [0.25, 0.3) is 0 Å². The number of benzene rings is 1. The normalized spacial score (nSPS) is 19.2. The van der Waals surface area contributed by atoms with Crippen molar-refractivity contribution in [3.05, 3.63) is 35.9 Å². The Hall–Kier alpha value is -1.82. The molecule has 0 fully saturated rings. The van der Waals surface area contributed by atoms with Gasteiger partial charge in [-0.1, -0.05) is 37.3 Å². The van der Waals surface area contributed by atoms with E-state index < -0.39 is 18.1 Å². The second-order valence-electron chi connectivity index (χ2n) is 4.43. The van der Waals surface area contributed by atoms with Crippen molar-refractivity contribution in [2.75, 3.05) is 5.75 Å². The molecule has 5 nitrogen and oxygen atoms in total. The maximum Gasteiger partial charge on any atom is 0.326 e.